The van der Waals surface area contributed by atoms with Crippen LogP contribution in [0.15, 0.2) is 28.3 Å². The zero-order chi connectivity index (χ0) is 16.6. The number of carbonyl (C=O) groups is 1. The molecule has 0 spiro atoms. The lowest BCUT2D eigenvalue weighted by Crippen LogP contribution is -2.21. The minimum Gasteiger partial charge on any atom is -0.492 e. The molecular weight excluding hydrogens is 302 g/mol. The van der Waals surface area contributed by atoms with Gasteiger partial charge in [-0.1, -0.05) is 5.16 Å². The van der Waals surface area contributed by atoms with Crippen LogP contribution in [-0.2, 0) is 0 Å². The van der Waals surface area contributed by atoms with Crippen molar-refractivity contribution in [3.8, 4) is 5.75 Å². The summed E-state index contributed by atoms with van der Waals surface area (Å²) >= 11 is 0. The van der Waals surface area contributed by atoms with Gasteiger partial charge in [0.2, 0.25) is 5.43 Å². The number of aromatic nitrogens is 1. The molecule has 1 saturated heterocycles. The monoisotopic (exact) mass is 317 g/mol. The van der Waals surface area contributed by atoms with Gasteiger partial charge in [0.05, 0.1) is 36.0 Å². The molecular formula is C15H15N3O5. The number of fused-ring (bicyclic) bond motifs is 1. The Bertz CT molecular complexity index is 871. The third-order valence-corrected chi connectivity index (χ3v) is 3.95. The molecule has 2 aromatic rings. The van der Waals surface area contributed by atoms with Gasteiger partial charge in [0.15, 0.2) is 5.75 Å². The van der Waals surface area contributed by atoms with Crippen molar-refractivity contribution >= 4 is 28.3 Å². The molecule has 23 heavy (non-hydrogen) atoms. The number of benzene rings is 1. The Kier molecular flexibility index (Phi) is 3.65. The molecule has 120 valence electrons. The molecule has 8 nitrogen and oxygen atoms in total. The fourth-order valence-electron chi connectivity index (χ4n) is 2.80. The normalized spacial score (nSPS) is 16.2. The highest BCUT2D eigenvalue weighted by atomic mass is 16.5. The number of nitrogens with one attached hydrogen (secondary N) is 1. The summed E-state index contributed by atoms with van der Waals surface area (Å²) in [5.41, 5.74) is 0.979. The van der Waals surface area contributed by atoms with E-state index in [1.807, 2.05) is 4.90 Å². The molecule has 0 radical (unpaired) electrons. The Morgan fingerprint density at radius 3 is 2.83 bits per heavy atom. The molecule has 3 rings (SSSR count). The van der Waals surface area contributed by atoms with Crippen LogP contribution in [0.5, 0.6) is 5.75 Å². The van der Waals surface area contributed by atoms with Gasteiger partial charge in [-0.3, -0.25) is 4.79 Å². The number of ether oxygens (including phenoxy) is 1. The number of anilines is 1. The van der Waals surface area contributed by atoms with E-state index in [0.717, 1.165) is 5.69 Å². The molecule has 2 heterocycles. The van der Waals surface area contributed by atoms with E-state index in [9.17, 15) is 9.59 Å². The zero-order valence-electron chi connectivity index (χ0n) is 12.4. The Hall–Kier alpha value is -3.03. The molecule has 1 aliphatic rings. The Labute approximate surface area is 130 Å². The lowest BCUT2D eigenvalue weighted by atomic mass is 10.1. The molecule has 0 unspecified atom stereocenters. The second-order valence-corrected chi connectivity index (χ2v) is 5.21. The van der Waals surface area contributed by atoms with Crippen molar-refractivity contribution in [3.63, 3.8) is 0 Å². The maximum Gasteiger partial charge on any atom is 0.341 e. The van der Waals surface area contributed by atoms with Crippen LogP contribution in [0.25, 0.3) is 10.9 Å². The van der Waals surface area contributed by atoms with Crippen LogP contribution in [0, 0.1) is 0 Å². The minimum atomic E-state index is -1.28. The molecule has 0 aliphatic carbocycles. The highest BCUT2D eigenvalue weighted by Crippen LogP contribution is 2.35. The molecule has 3 N–H and O–H groups in total. The van der Waals surface area contributed by atoms with Crippen LogP contribution >= 0.6 is 0 Å². The summed E-state index contributed by atoms with van der Waals surface area (Å²) < 4.78 is 5.43. The molecule has 1 fully saturated rings. The second kappa shape index (κ2) is 5.64. The van der Waals surface area contributed by atoms with Crippen molar-refractivity contribution in [2.45, 2.75) is 6.42 Å². The number of aromatic carboxylic acids is 1. The third-order valence-electron chi connectivity index (χ3n) is 3.95. The first-order valence-electron chi connectivity index (χ1n) is 6.97. The lowest BCUT2D eigenvalue weighted by Gasteiger charge is -2.21. The SMILES string of the molecule is COc1c(N2CCC(=NO)C2)ccc2c(=O)c(C(=O)O)c[nH]c12. The van der Waals surface area contributed by atoms with Crippen molar-refractivity contribution in [3.05, 3.63) is 34.1 Å². The average molecular weight is 317 g/mol. The van der Waals surface area contributed by atoms with E-state index in [1.165, 1.54) is 13.3 Å². The topological polar surface area (TPSA) is 115 Å². The van der Waals surface area contributed by atoms with Crippen LogP contribution in [0.2, 0.25) is 0 Å². The van der Waals surface area contributed by atoms with Crippen molar-refractivity contribution in [2.24, 2.45) is 5.16 Å². The summed E-state index contributed by atoms with van der Waals surface area (Å²) in [4.78, 5) is 28.1. The lowest BCUT2D eigenvalue weighted by molar-refractivity contribution is 0.0695. The zero-order valence-corrected chi connectivity index (χ0v) is 12.4. The fourth-order valence-corrected chi connectivity index (χ4v) is 2.80. The summed E-state index contributed by atoms with van der Waals surface area (Å²) in [7, 11) is 1.48. The molecule has 1 aromatic carbocycles. The van der Waals surface area contributed by atoms with Crippen molar-refractivity contribution < 1.29 is 19.8 Å². The molecule has 0 saturated carbocycles. The number of carboxylic acid groups (broad SMARTS) is 1. The van der Waals surface area contributed by atoms with Gasteiger partial charge in [-0.25, -0.2) is 4.79 Å². The van der Waals surface area contributed by atoms with Gasteiger partial charge in [0.1, 0.15) is 5.56 Å². The largest absolute Gasteiger partial charge is 0.492 e. The van der Waals surface area contributed by atoms with Crippen molar-refractivity contribution in [2.75, 3.05) is 25.1 Å². The minimum absolute atomic E-state index is 0.251. The number of hydrogen-bond acceptors (Lipinski definition) is 6. The summed E-state index contributed by atoms with van der Waals surface area (Å²) in [6.45, 7) is 1.13. The molecule has 0 atom stereocenters. The van der Waals surface area contributed by atoms with Gasteiger partial charge in [-0.05, 0) is 12.1 Å². The number of pyridine rings is 1. The molecule has 1 aromatic heterocycles. The Balaban J connectivity index is 2.18. The fraction of sp³-hybridized carbons (Fsp3) is 0.267. The van der Waals surface area contributed by atoms with Gasteiger partial charge in [-0.2, -0.15) is 0 Å². The quantitative estimate of drug-likeness (QED) is 0.580. The number of carboxylic acids is 1. The van der Waals surface area contributed by atoms with Crippen LogP contribution in [-0.4, -0.2) is 47.2 Å². The maximum absolute atomic E-state index is 12.2. The predicted octanol–water partition coefficient (Wildman–Crippen LogP) is 1.28. The van der Waals surface area contributed by atoms with Gasteiger partial charge in [0, 0.05) is 19.2 Å². The number of oxime groups is 1. The standard InChI is InChI=1S/C15H15N3O5/c1-23-14-11(18-5-4-8(7-18)17-22)3-2-9-12(14)16-6-10(13(9)19)15(20)21/h2-3,6,22H,4-5,7H2,1H3,(H,16,19)(H,20,21). The average Bonchev–Trinajstić information content (AvgIpc) is 3.02. The predicted molar refractivity (Wildman–Crippen MR) is 84.1 cm³/mol. The number of rotatable bonds is 3. The van der Waals surface area contributed by atoms with Gasteiger partial charge >= 0.3 is 5.97 Å². The summed E-state index contributed by atoms with van der Waals surface area (Å²) in [5, 5.41) is 21.4. The summed E-state index contributed by atoms with van der Waals surface area (Å²) in [6.07, 6.45) is 1.82. The van der Waals surface area contributed by atoms with E-state index >= 15 is 0 Å². The van der Waals surface area contributed by atoms with Gasteiger partial charge in [-0.15, -0.1) is 0 Å². The highest BCUT2D eigenvalue weighted by Gasteiger charge is 2.24. The molecule has 0 amide bonds. The smallest absolute Gasteiger partial charge is 0.341 e. The van der Waals surface area contributed by atoms with Crippen LogP contribution in [0.4, 0.5) is 5.69 Å². The van der Waals surface area contributed by atoms with E-state index in [4.69, 9.17) is 15.1 Å². The van der Waals surface area contributed by atoms with Crippen LogP contribution < -0.4 is 15.1 Å². The molecule has 8 heteroatoms. The number of H-pyrrole nitrogens is 1. The van der Waals surface area contributed by atoms with Crippen LogP contribution in [0.3, 0.4) is 0 Å². The van der Waals surface area contributed by atoms with Gasteiger partial charge < -0.3 is 24.9 Å². The third kappa shape index (κ3) is 2.37. The number of hydrogen-bond donors (Lipinski definition) is 3. The Morgan fingerprint density at radius 2 is 2.22 bits per heavy atom. The summed E-state index contributed by atoms with van der Waals surface area (Å²) in [5.74, 6) is -0.824. The number of aromatic amines is 1. The first kappa shape index (κ1) is 14.9. The van der Waals surface area contributed by atoms with E-state index in [0.29, 0.717) is 36.5 Å². The van der Waals surface area contributed by atoms with E-state index in [2.05, 4.69) is 10.1 Å². The van der Waals surface area contributed by atoms with Crippen LogP contribution in [0.1, 0.15) is 16.8 Å². The van der Waals surface area contributed by atoms with Gasteiger partial charge in [0.25, 0.3) is 0 Å². The first-order chi connectivity index (χ1) is 11.1. The first-order valence-corrected chi connectivity index (χ1v) is 6.97. The molecule has 1 aliphatic heterocycles. The van der Waals surface area contributed by atoms with E-state index in [-0.39, 0.29) is 10.9 Å². The van der Waals surface area contributed by atoms with E-state index < -0.39 is 11.4 Å². The highest BCUT2D eigenvalue weighted by molar-refractivity contribution is 5.98. The number of nitrogens with zero attached hydrogens (tertiary/aromatic N) is 2. The Morgan fingerprint density at radius 1 is 1.43 bits per heavy atom. The maximum atomic E-state index is 12.2. The van der Waals surface area contributed by atoms with E-state index in [1.54, 1.807) is 12.1 Å². The van der Waals surface area contributed by atoms with Crippen molar-refractivity contribution in [1.29, 1.82) is 0 Å². The second-order valence-electron chi connectivity index (χ2n) is 5.21. The number of methoxy groups -OCH3 is 1. The van der Waals surface area contributed by atoms with Crippen molar-refractivity contribution in [1.82, 2.24) is 4.98 Å². The molecule has 0 bridgehead atoms. The summed E-state index contributed by atoms with van der Waals surface area (Å²) in [6, 6.07) is 3.29.